The molecule has 0 amide bonds. The highest BCUT2D eigenvalue weighted by atomic mass is 32.2. The first kappa shape index (κ1) is 14.0. The van der Waals surface area contributed by atoms with E-state index in [1.807, 2.05) is 43.0 Å². The van der Waals surface area contributed by atoms with Gasteiger partial charge in [0.25, 0.3) is 0 Å². The molecule has 0 radical (unpaired) electrons. The van der Waals surface area contributed by atoms with Crippen molar-refractivity contribution in [1.82, 2.24) is 15.0 Å². The van der Waals surface area contributed by atoms with E-state index in [0.717, 1.165) is 27.2 Å². The molecule has 0 atom stereocenters. The minimum absolute atomic E-state index is 0.807. The number of rotatable bonds is 4. The number of anilines is 2. The van der Waals surface area contributed by atoms with Gasteiger partial charge >= 0.3 is 0 Å². The van der Waals surface area contributed by atoms with Crippen molar-refractivity contribution >= 4 is 34.0 Å². The molecule has 0 aliphatic rings. The smallest absolute Gasteiger partial charge is 0.188 e. The van der Waals surface area contributed by atoms with Gasteiger partial charge in [-0.05, 0) is 43.0 Å². The van der Waals surface area contributed by atoms with Crippen molar-refractivity contribution in [3.05, 3.63) is 47.6 Å². The lowest BCUT2D eigenvalue weighted by molar-refractivity contribution is 1.21. The Morgan fingerprint density at radius 2 is 2.05 bits per heavy atom. The zero-order chi connectivity index (χ0) is 14.7. The van der Waals surface area contributed by atoms with Crippen molar-refractivity contribution in [3.63, 3.8) is 0 Å². The molecule has 0 aliphatic carbocycles. The summed E-state index contributed by atoms with van der Waals surface area (Å²) in [6, 6.07) is 8.01. The first-order valence-electron chi connectivity index (χ1n) is 6.40. The van der Waals surface area contributed by atoms with Gasteiger partial charge in [-0.15, -0.1) is 23.1 Å². The van der Waals surface area contributed by atoms with Crippen molar-refractivity contribution < 1.29 is 0 Å². The zero-order valence-corrected chi connectivity index (χ0v) is 13.3. The summed E-state index contributed by atoms with van der Waals surface area (Å²) in [4.78, 5) is 14.4. The predicted octanol–water partition coefficient (Wildman–Crippen LogP) is 4.37. The Hall–Kier alpha value is -1.92. The summed E-state index contributed by atoms with van der Waals surface area (Å²) >= 11 is 3.23. The summed E-state index contributed by atoms with van der Waals surface area (Å²) in [7, 11) is 0. The second kappa shape index (κ2) is 6.24. The van der Waals surface area contributed by atoms with Crippen molar-refractivity contribution in [1.29, 1.82) is 0 Å². The van der Waals surface area contributed by atoms with E-state index < -0.39 is 0 Å². The van der Waals surface area contributed by atoms with Gasteiger partial charge in [0.15, 0.2) is 5.13 Å². The van der Waals surface area contributed by atoms with Crippen molar-refractivity contribution in [2.24, 2.45) is 0 Å². The summed E-state index contributed by atoms with van der Waals surface area (Å²) in [6.45, 7) is 2.04. The molecule has 0 unspecified atom stereocenters. The van der Waals surface area contributed by atoms with Crippen LogP contribution in [0.3, 0.4) is 0 Å². The first-order valence-corrected chi connectivity index (χ1v) is 8.50. The quantitative estimate of drug-likeness (QED) is 0.724. The molecule has 106 valence electrons. The molecule has 6 heteroatoms. The molecule has 0 spiro atoms. The van der Waals surface area contributed by atoms with E-state index in [-0.39, 0.29) is 0 Å². The van der Waals surface area contributed by atoms with Gasteiger partial charge in [-0.25, -0.2) is 9.97 Å². The summed E-state index contributed by atoms with van der Waals surface area (Å²) in [6.07, 6.45) is 5.69. The Morgan fingerprint density at radius 1 is 1.14 bits per heavy atom. The minimum Gasteiger partial charge on any atom is -0.316 e. The topological polar surface area (TPSA) is 50.7 Å². The molecule has 0 aliphatic heterocycles. The number of aromatic nitrogens is 3. The Kier molecular flexibility index (Phi) is 4.17. The van der Waals surface area contributed by atoms with Gasteiger partial charge in [0, 0.05) is 22.7 Å². The van der Waals surface area contributed by atoms with Crippen LogP contribution in [0.5, 0.6) is 0 Å². The van der Waals surface area contributed by atoms with E-state index in [9.17, 15) is 0 Å². The van der Waals surface area contributed by atoms with E-state index in [2.05, 4.69) is 26.3 Å². The molecule has 4 nitrogen and oxygen atoms in total. The lowest BCUT2D eigenvalue weighted by Crippen LogP contribution is -1.93. The molecule has 3 rings (SSSR count). The van der Waals surface area contributed by atoms with Crippen molar-refractivity contribution in [2.45, 2.75) is 11.8 Å². The van der Waals surface area contributed by atoms with E-state index in [1.165, 1.54) is 5.56 Å². The first-order chi connectivity index (χ1) is 10.2. The highest BCUT2D eigenvalue weighted by Crippen LogP contribution is 2.26. The SMILES string of the molecule is CSc1ccc(-c2csc(Nc3cc(C)ccn3)n2)nc1. The number of nitrogens with zero attached hydrogens (tertiary/aromatic N) is 3. The average Bonchev–Trinajstić information content (AvgIpc) is 2.96. The molecular formula is C15H14N4S2. The zero-order valence-electron chi connectivity index (χ0n) is 11.7. The van der Waals surface area contributed by atoms with Crippen LogP contribution >= 0.6 is 23.1 Å². The maximum Gasteiger partial charge on any atom is 0.188 e. The molecular weight excluding hydrogens is 300 g/mol. The Balaban J connectivity index is 1.79. The summed E-state index contributed by atoms with van der Waals surface area (Å²) in [5.74, 6) is 0.807. The number of thioether (sulfide) groups is 1. The van der Waals surface area contributed by atoms with Crippen LogP contribution in [0.1, 0.15) is 5.56 Å². The average molecular weight is 314 g/mol. The molecule has 3 aromatic rings. The van der Waals surface area contributed by atoms with Gasteiger partial charge in [-0.2, -0.15) is 0 Å². The number of nitrogens with one attached hydrogen (secondary N) is 1. The van der Waals surface area contributed by atoms with Gasteiger partial charge in [0.1, 0.15) is 11.5 Å². The van der Waals surface area contributed by atoms with Crippen molar-refractivity contribution in [3.8, 4) is 11.4 Å². The molecule has 1 N–H and O–H groups in total. The monoisotopic (exact) mass is 314 g/mol. The van der Waals surface area contributed by atoms with Crippen LogP contribution in [0.2, 0.25) is 0 Å². The number of hydrogen-bond acceptors (Lipinski definition) is 6. The molecule has 0 fully saturated rings. The van der Waals surface area contributed by atoms with Crippen molar-refractivity contribution in [2.75, 3.05) is 11.6 Å². The number of hydrogen-bond donors (Lipinski definition) is 1. The van der Waals surface area contributed by atoms with Crippen LogP contribution in [0.25, 0.3) is 11.4 Å². The van der Waals surface area contributed by atoms with E-state index in [4.69, 9.17) is 0 Å². The molecule has 0 saturated heterocycles. The van der Waals surface area contributed by atoms with Crippen LogP contribution in [0.4, 0.5) is 10.9 Å². The normalized spacial score (nSPS) is 10.6. The van der Waals surface area contributed by atoms with Gasteiger partial charge < -0.3 is 5.32 Å². The predicted molar refractivity (Wildman–Crippen MR) is 89.4 cm³/mol. The fourth-order valence-corrected chi connectivity index (χ4v) is 2.89. The molecule has 0 aromatic carbocycles. The molecule has 0 saturated carbocycles. The second-order valence-electron chi connectivity index (χ2n) is 4.46. The Bertz CT molecular complexity index is 737. The summed E-state index contributed by atoms with van der Waals surface area (Å²) < 4.78 is 0. The fraction of sp³-hybridized carbons (Fsp3) is 0.133. The highest BCUT2D eigenvalue weighted by Gasteiger charge is 2.06. The van der Waals surface area contributed by atoms with Gasteiger partial charge in [0.2, 0.25) is 0 Å². The number of thiazole rings is 1. The Morgan fingerprint density at radius 3 is 2.76 bits per heavy atom. The maximum absolute atomic E-state index is 4.56. The summed E-state index contributed by atoms with van der Waals surface area (Å²) in [5.41, 5.74) is 2.93. The van der Waals surface area contributed by atoms with Crippen LogP contribution in [-0.4, -0.2) is 21.2 Å². The van der Waals surface area contributed by atoms with Crippen LogP contribution < -0.4 is 5.32 Å². The number of aryl methyl sites for hydroxylation is 1. The molecule has 3 heterocycles. The fourth-order valence-electron chi connectivity index (χ4n) is 1.82. The van der Waals surface area contributed by atoms with Crippen LogP contribution in [0.15, 0.2) is 46.9 Å². The lowest BCUT2D eigenvalue weighted by Gasteiger charge is -2.02. The van der Waals surface area contributed by atoms with E-state index in [0.29, 0.717) is 0 Å². The lowest BCUT2D eigenvalue weighted by atomic mass is 10.3. The molecule has 3 aromatic heterocycles. The largest absolute Gasteiger partial charge is 0.316 e. The maximum atomic E-state index is 4.56. The second-order valence-corrected chi connectivity index (χ2v) is 6.20. The third-order valence-electron chi connectivity index (χ3n) is 2.89. The minimum atomic E-state index is 0.807. The third-order valence-corrected chi connectivity index (χ3v) is 4.36. The Labute approximate surface area is 131 Å². The van der Waals surface area contributed by atoms with E-state index in [1.54, 1.807) is 29.3 Å². The van der Waals surface area contributed by atoms with Crippen LogP contribution in [0, 0.1) is 6.92 Å². The number of pyridine rings is 2. The van der Waals surface area contributed by atoms with Gasteiger partial charge in [-0.3, -0.25) is 4.98 Å². The third kappa shape index (κ3) is 3.40. The van der Waals surface area contributed by atoms with Gasteiger partial charge in [-0.1, -0.05) is 0 Å². The van der Waals surface area contributed by atoms with Gasteiger partial charge in [0.05, 0.1) is 5.69 Å². The molecule has 0 bridgehead atoms. The summed E-state index contributed by atoms with van der Waals surface area (Å²) in [5, 5.41) is 6.04. The highest BCUT2D eigenvalue weighted by molar-refractivity contribution is 7.98. The standard InChI is InChI=1S/C15H14N4S2/c1-10-5-6-16-14(7-10)19-15-18-13(9-21-15)12-4-3-11(20-2)8-17-12/h3-9H,1-2H3,(H,16,18,19). The molecule has 21 heavy (non-hydrogen) atoms. The van der Waals surface area contributed by atoms with E-state index >= 15 is 0 Å². The van der Waals surface area contributed by atoms with Crippen LogP contribution in [-0.2, 0) is 0 Å².